The van der Waals surface area contributed by atoms with E-state index in [0.29, 0.717) is 23.1 Å². The zero-order valence-electron chi connectivity index (χ0n) is 15.0. The highest BCUT2D eigenvalue weighted by molar-refractivity contribution is 7.13. The number of benzene rings is 2. The number of alkyl halides is 3. The van der Waals surface area contributed by atoms with Crippen molar-refractivity contribution in [2.45, 2.75) is 26.1 Å². The quantitative estimate of drug-likeness (QED) is 0.602. The molecule has 0 spiro atoms. The molecule has 0 atom stereocenters. The third-order valence-electron chi connectivity index (χ3n) is 3.94. The summed E-state index contributed by atoms with van der Waals surface area (Å²) >= 11 is 1.23. The summed E-state index contributed by atoms with van der Waals surface area (Å²) in [4.78, 5) is 16.4. The summed E-state index contributed by atoms with van der Waals surface area (Å²) in [5.74, 6) is -0.170. The topological polar surface area (TPSA) is 54.0 Å². The van der Waals surface area contributed by atoms with Gasteiger partial charge in [0.25, 0.3) is 0 Å². The minimum Gasteiger partial charge on any atom is -0.352 e. The van der Waals surface area contributed by atoms with E-state index in [1.54, 1.807) is 5.38 Å². The maximum absolute atomic E-state index is 12.8. The highest BCUT2D eigenvalue weighted by Crippen LogP contribution is 2.31. The van der Waals surface area contributed by atoms with E-state index in [2.05, 4.69) is 15.6 Å². The Balaban J connectivity index is 1.55. The van der Waals surface area contributed by atoms with Crippen LogP contribution in [0.5, 0.6) is 0 Å². The number of hydrogen-bond donors (Lipinski definition) is 2. The number of halogens is 3. The molecule has 3 rings (SSSR count). The Hall–Kier alpha value is -2.87. The number of hydrogen-bond acceptors (Lipinski definition) is 4. The van der Waals surface area contributed by atoms with Crippen LogP contribution in [0.2, 0.25) is 0 Å². The number of carbonyl (C=O) groups excluding carboxylic acids is 1. The van der Waals surface area contributed by atoms with Crippen LogP contribution in [0.15, 0.2) is 53.9 Å². The minimum absolute atomic E-state index is 0.104. The molecule has 0 unspecified atom stereocenters. The minimum atomic E-state index is -4.40. The molecule has 3 aromatic rings. The third kappa shape index (κ3) is 5.56. The molecule has 146 valence electrons. The number of amides is 1. The first-order chi connectivity index (χ1) is 13.3. The van der Waals surface area contributed by atoms with Crippen molar-refractivity contribution in [3.8, 4) is 0 Å². The van der Waals surface area contributed by atoms with Gasteiger partial charge in [0.05, 0.1) is 17.7 Å². The fraction of sp³-hybridized carbons (Fsp3) is 0.200. The first-order valence-corrected chi connectivity index (χ1v) is 9.38. The Labute approximate surface area is 164 Å². The van der Waals surface area contributed by atoms with Crippen LogP contribution in [-0.2, 0) is 23.9 Å². The van der Waals surface area contributed by atoms with Gasteiger partial charge >= 0.3 is 6.18 Å². The molecule has 0 saturated heterocycles. The molecule has 0 aliphatic carbocycles. The van der Waals surface area contributed by atoms with Gasteiger partial charge in [-0.2, -0.15) is 13.2 Å². The first kappa shape index (κ1) is 19.9. The van der Waals surface area contributed by atoms with Crippen molar-refractivity contribution >= 4 is 28.1 Å². The molecule has 2 N–H and O–H groups in total. The van der Waals surface area contributed by atoms with Crippen molar-refractivity contribution in [3.63, 3.8) is 0 Å². The molecular weight excluding hydrogens is 387 g/mol. The Bertz CT molecular complexity index is 952. The molecule has 0 bridgehead atoms. The normalized spacial score (nSPS) is 11.3. The van der Waals surface area contributed by atoms with Crippen LogP contribution >= 0.6 is 11.3 Å². The molecule has 4 nitrogen and oxygen atoms in total. The molecule has 2 aromatic carbocycles. The maximum atomic E-state index is 12.8. The molecule has 28 heavy (non-hydrogen) atoms. The SMILES string of the molecule is Cc1ccc(CNC(=O)Cc2csc(Nc3cccc(C(F)(F)F)c3)n2)cc1. The highest BCUT2D eigenvalue weighted by Gasteiger charge is 2.30. The second-order valence-electron chi connectivity index (χ2n) is 6.29. The monoisotopic (exact) mass is 405 g/mol. The lowest BCUT2D eigenvalue weighted by Gasteiger charge is -2.09. The van der Waals surface area contributed by atoms with E-state index < -0.39 is 11.7 Å². The number of nitrogens with zero attached hydrogens (tertiary/aromatic N) is 1. The Morgan fingerprint density at radius 2 is 1.89 bits per heavy atom. The van der Waals surface area contributed by atoms with Crippen molar-refractivity contribution in [3.05, 3.63) is 76.3 Å². The van der Waals surface area contributed by atoms with Crippen LogP contribution in [-0.4, -0.2) is 10.9 Å². The van der Waals surface area contributed by atoms with Gasteiger partial charge in [-0.3, -0.25) is 4.79 Å². The molecule has 8 heteroatoms. The predicted octanol–water partition coefficient (Wildman–Crippen LogP) is 5.07. The van der Waals surface area contributed by atoms with Crippen molar-refractivity contribution in [2.75, 3.05) is 5.32 Å². The van der Waals surface area contributed by atoms with Crippen LogP contribution in [0.25, 0.3) is 0 Å². The summed E-state index contributed by atoms with van der Waals surface area (Å²) in [7, 11) is 0. The highest BCUT2D eigenvalue weighted by atomic mass is 32.1. The van der Waals surface area contributed by atoms with Crippen molar-refractivity contribution in [1.29, 1.82) is 0 Å². The van der Waals surface area contributed by atoms with Gasteiger partial charge in [0, 0.05) is 17.6 Å². The molecule has 0 aliphatic rings. The molecule has 0 fully saturated rings. The van der Waals surface area contributed by atoms with E-state index >= 15 is 0 Å². The van der Waals surface area contributed by atoms with E-state index in [4.69, 9.17) is 0 Å². The average molecular weight is 405 g/mol. The summed E-state index contributed by atoms with van der Waals surface area (Å²) in [6.07, 6.45) is -4.30. The molecular formula is C20H18F3N3OS. The van der Waals surface area contributed by atoms with Gasteiger partial charge in [0.2, 0.25) is 5.91 Å². The van der Waals surface area contributed by atoms with E-state index in [9.17, 15) is 18.0 Å². The smallest absolute Gasteiger partial charge is 0.352 e. The predicted molar refractivity (Wildman–Crippen MR) is 104 cm³/mol. The van der Waals surface area contributed by atoms with Crippen LogP contribution in [0.4, 0.5) is 24.0 Å². The standard InChI is InChI=1S/C20H18F3N3OS/c1-13-5-7-14(8-6-13)11-24-18(27)10-17-12-28-19(26-17)25-16-4-2-3-15(9-16)20(21,22)23/h2-9,12H,10-11H2,1H3,(H,24,27)(H,25,26). The number of aromatic nitrogens is 1. The fourth-order valence-corrected chi connectivity index (χ4v) is 3.21. The zero-order valence-corrected chi connectivity index (χ0v) is 15.8. The Morgan fingerprint density at radius 3 is 2.61 bits per heavy atom. The average Bonchev–Trinajstić information content (AvgIpc) is 3.07. The lowest BCUT2D eigenvalue weighted by atomic mass is 10.1. The van der Waals surface area contributed by atoms with Gasteiger partial charge < -0.3 is 10.6 Å². The van der Waals surface area contributed by atoms with E-state index in [1.165, 1.54) is 23.5 Å². The largest absolute Gasteiger partial charge is 0.416 e. The van der Waals surface area contributed by atoms with Gasteiger partial charge in [-0.05, 0) is 30.7 Å². The van der Waals surface area contributed by atoms with E-state index in [-0.39, 0.29) is 12.3 Å². The van der Waals surface area contributed by atoms with Crippen LogP contribution in [0.3, 0.4) is 0 Å². The summed E-state index contributed by atoms with van der Waals surface area (Å²) < 4.78 is 38.4. The zero-order chi connectivity index (χ0) is 20.1. The lowest BCUT2D eigenvalue weighted by Crippen LogP contribution is -2.24. The number of thiazole rings is 1. The molecule has 1 heterocycles. The van der Waals surface area contributed by atoms with Gasteiger partial charge in [0.1, 0.15) is 0 Å². The van der Waals surface area contributed by atoms with Crippen LogP contribution < -0.4 is 10.6 Å². The Morgan fingerprint density at radius 1 is 1.14 bits per heavy atom. The summed E-state index contributed by atoms with van der Waals surface area (Å²) in [6, 6.07) is 12.8. The van der Waals surface area contributed by atoms with Crippen molar-refractivity contribution in [1.82, 2.24) is 10.3 Å². The maximum Gasteiger partial charge on any atom is 0.416 e. The van der Waals surface area contributed by atoms with E-state index in [1.807, 2.05) is 31.2 Å². The first-order valence-electron chi connectivity index (χ1n) is 8.50. The number of aryl methyl sites for hydroxylation is 1. The van der Waals surface area contributed by atoms with Crippen molar-refractivity contribution in [2.24, 2.45) is 0 Å². The third-order valence-corrected chi connectivity index (χ3v) is 4.75. The second-order valence-corrected chi connectivity index (χ2v) is 7.14. The molecule has 0 saturated carbocycles. The Kier molecular flexibility index (Phi) is 5.99. The van der Waals surface area contributed by atoms with Gasteiger partial charge in [-0.15, -0.1) is 11.3 Å². The number of nitrogens with one attached hydrogen (secondary N) is 2. The lowest BCUT2D eigenvalue weighted by molar-refractivity contribution is -0.137. The van der Waals surface area contributed by atoms with Gasteiger partial charge in [-0.1, -0.05) is 35.9 Å². The molecule has 1 aromatic heterocycles. The van der Waals surface area contributed by atoms with Gasteiger partial charge in [0.15, 0.2) is 5.13 Å². The molecule has 0 aliphatic heterocycles. The van der Waals surface area contributed by atoms with Crippen LogP contribution in [0, 0.1) is 6.92 Å². The molecule has 1 amide bonds. The van der Waals surface area contributed by atoms with Gasteiger partial charge in [-0.25, -0.2) is 4.98 Å². The molecule has 0 radical (unpaired) electrons. The second kappa shape index (κ2) is 8.43. The summed E-state index contributed by atoms with van der Waals surface area (Å²) in [6.45, 7) is 2.42. The van der Waals surface area contributed by atoms with Crippen molar-refractivity contribution < 1.29 is 18.0 Å². The summed E-state index contributed by atoms with van der Waals surface area (Å²) in [5, 5.41) is 7.82. The van der Waals surface area contributed by atoms with E-state index in [0.717, 1.165) is 23.3 Å². The number of carbonyl (C=O) groups is 1. The number of anilines is 2. The fourth-order valence-electron chi connectivity index (χ4n) is 2.48. The summed E-state index contributed by atoms with van der Waals surface area (Å²) in [5.41, 5.74) is 2.27. The van der Waals surface area contributed by atoms with Crippen LogP contribution in [0.1, 0.15) is 22.4 Å². The number of rotatable bonds is 6.